The van der Waals surface area contributed by atoms with Crippen LogP contribution >= 0.6 is 11.6 Å². The number of carbonyl (C=O) groups excluding carboxylic acids is 1. The zero-order valence-corrected chi connectivity index (χ0v) is 22.4. The summed E-state index contributed by atoms with van der Waals surface area (Å²) >= 11 is 5.97. The van der Waals surface area contributed by atoms with E-state index in [1.54, 1.807) is 19.2 Å². The number of amides is 1. The van der Waals surface area contributed by atoms with Gasteiger partial charge in [0.1, 0.15) is 18.0 Å². The molecule has 1 saturated carbocycles. The topological polar surface area (TPSA) is 85.8 Å². The highest BCUT2D eigenvalue weighted by atomic mass is 35.5. The van der Waals surface area contributed by atoms with Gasteiger partial charge in [0.15, 0.2) is 17.2 Å². The Bertz CT molecular complexity index is 1310. The van der Waals surface area contributed by atoms with Crippen molar-refractivity contribution < 1.29 is 23.4 Å². The number of nitrogens with one attached hydrogen (secondary N) is 1. The molecule has 2 fully saturated rings. The Morgan fingerprint density at radius 1 is 1.13 bits per heavy atom. The maximum absolute atomic E-state index is 13.7. The van der Waals surface area contributed by atoms with Gasteiger partial charge in [-0.15, -0.1) is 0 Å². The van der Waals surface area contributed by atoms with Crippen LogP contribution in [-0.2, 0) is 9.53 Å². The molecule has 0 radical (unpaired) electrons. The Hall–Kier alpha value is -3.17. The SMILES string of the molecule is COc1cc2ncnc(Nc3ccc(F)c(Cl)c3)c2cc1OC1(N(C)C(=O)C2CCOCC2)CCCCC1. The van der Waals surface area contributed by atoms with Gasteiger partial charge in [-0.05, 0) is 49.9 Å². The number of fused-ring (bicyclic) bond motifs is 1. The molecule has 0 bridgehead atoms. The van der Waals surface area contributed by atoms with Crippen LogP contribution in [0.1, 0.15) is 44.9 Å². The van der Waals surface area contributed by atoms with Crippen LogP contribution < -0.4 is 14.8 Å². The molecule has 10 heteroatoms. The largest absolute Gasteiger partial charge is 0.493 e. The molecule has 38 heavy (non-hydrogen) atoms. The fourth-order valence-electron chi connectivity index (χ4n) is 5.35. The lowest BCUT2D eigenvalue weighted by Crippen LogP contribution is -2.56. The second-order valence-corrected chi connectivity index (χ2v) is 10.3. The molecular weight excluding hydrogens is 511 g/mol. The highest BCUT2D eigenvalue weighted by Gasteiger charge is 2.43. The number of halogens is 2. The zero-order chi connectivity index (χ0) is 26.7. The summed E-state index contributed by atoms with van der Waals surface area (Å²) in [7, 11) is 3.43. The maximum Gasteiger partial charge on any atom is 0.228 e. The van der Waals surface area contributed by atoms with E-state index in [9.17, 15) is 9.18 Å². The molecule has 202 valence electrons. The van der Waals surface area contributed by atoms with E-state index in [1.807, 2.05) is 18.0 Å². The third-order valence-electron chi connectivity index (χ3n) is 7.55. The molecule has 8 nitrogen and oxygen atoms in total. The van der Waals surface area contributed by atoms with E-state index in [2.05, 4.69) is 15.3 Å². The molecule has 2 heterocycles. The van der Waals surface area contributed by atoms with Crippen molar-refractivity contribution in [2.45, 2.75) is 50.7 Å². The summed E-state index contributed by atoms with van der Waals surface area (Å²) in [6, 6.07) is 8.02. The predicted molar refractivity (Wildman–Crippen MR) is 144 cm³/mol. The van der Waals surface area contributed by atoms with Crippen LogP contribution in [0.2, 0.25) is 5.02 Å². The van der Waals surface area contributed by atoms with E-state index >= 15 is 0 Å². The van der Waals surface area contributed by atoms with E-state index in [1.165, 1.54) is 18.5 Å². The van der Waals surface area contributed by atoms with Crippen molar-refractivity contribution in [1.82, 2.24) is 14.9 Å². The monoisotopic (exact) mass is 542 g/mol. The number of anilines is 2. The van der Waals surface area contributed by atoms with Gasteiger partial charge >= 0.3 is 0 Å². The van der Waals surface area contributed by atoms with Gasteiger partial charge in [-0.3, -0.25) is 4.79 Å². The molecule has 1 saturated heterocycles. The van der Waals surface area contributed by atoms with Gasteiger partial charge < -0.3 is 24.4 Å². The van der Waals surface area contributed by atoms with Gasteiger partial charge in [0, 0.05) is 56.2 Å². The van der Waals surface area contributed by atoms with Crippen LogP contribution in [0.4, 0.5) is 15.9 Å². The second-order valence-electron chi connectivity index (χ2n) is 9.89. The standard InChI is InChI=1S/C28H32ClFN4O4/c1-34(27(35)18-8-12-37-13-9-18)28(10-4-3-5-11-28)38-25-15-20-23(16-24(25)36-2)31-17-32-26(20)33-19-6-7-22(30)21(29)14-19/h6-7,14-18H,3-5,8-13H2,1-2H3,(H,31,32,33). The highest BCUT2D eigenvalue weighted by Crippen LogP contribution is 2.42. The number of nitrogens with zero attached hydrogens (tertiary/aromatic N) is 3. The molecule has 2 aliphatic rings. The summed E-state index contributed by atoms with van der Waals surface area (Å²) < 4.78 is 31.6. The Balaban J connectivity index is 1.51. The lowest BCUT2D eigenvalue weighted by Gasteiger charge is -2.45. The Morgan fingerprint density at radius 2 is 1.89 bits per heavy atom. The summed E-state index contributed by atoms with van der Waals surface area (Å²) in [5.41, 5.74) is 0.437. The van der Waals surface area contributed by atoms with Crippen molar-refractivity contribution in [2.24, 2.45) is 5.92 Å². The van der Waals surface area contributed by atoms with Gasteiger partial charge in [0.25, 0.3) is 0 Å². The molecule has 0 atom stereocenters. The van der Waals surface area contributed by atoms with Crippen molar-refractivity contribution in [3.05, 3.63) is 47.5 Å². The van der Waals surface area contributed by atoms with Crippen molar-refractivity contribution in [1.29, 1.82) is 0 Å². The van der Waals surface area contributed by atoms with Crippen LogP contribution in [0.25, 0.3) is 10.9 Å². The smallest absolute Gasteiger partial charge is 0.228 e. The molecule has 0 spiro atoms. The van der Waals surface area contributed by atoms with Crippen LogP contribution in [0.15, 0.2) is 36.7 Å². The minimum Gasteiger partial charge on any atom is -0.493 e. The summed E-state index contributed by atoms with van der Waals surface area (Å²) in [6.07, 6.45) is 7.36. The summed E-state index contributed by atoms with van der Waals surface area (Å²) in [5.74, 6) is 1.06. The van der Waals surface area contributed by atoms with E-state index in [4.69, 9.17) is 25.8 Å². The van der Waals surface area contributed by atoms with Crippen LogP contribution in [-0.4, -0.2) is 53.9 Å². The first-order valence-electron chi connectivity index (χ1n) is 13.0. The van der Waals surface area contributed by atoms with Gasteiger partial charge in [-0.25, -0.2) is 14.4 Å². The zero-order valence-electron chi connectivity index (χ0n) is 21.6. The number of carbonyl (C=O) groups is 1. The van der Waals surface area contributed by atoms with Crippen molar-refractivity contribution in [3.63, 3.8) is 0 Å². The molecule has 2 aromatic carbocycles. The minimum atomic E-state index is -0.789. The number of hydrogen-bond acceptors (Lipinski definition) is 7. The molecule has 5 rings (SSSR count). The molecule has 3 aromatic rings. The molecule has 1 aromatic heterocycles. The average molecular weight is 543 g/mol. The van der Waals surface area contributed by atoms with Crippen LogP contribution in [0.3, 0.4) is 0 Å². The first-order chi connectivity index (χ1) is 18.4. The lowest BCUT2D eigenvalue weighted by atomic mass is 9.88. The third kappa shape index (κ3) is 5.35. The first kappa shape index (κ1) is 26.4. The third-order valence-corrected chi connectivity index (χ3v) is 7.84. The maximum atomic E-state index is 13.7. The number of ether oxygens (including phenoxy) is 3. The van der Waals surface area contributed by atoms with Crippen molar-refractivity contribution in [2.75, 3.05) is 32.7 Å². The average Bonchev–Trinajstić information content (AvgIpc) is 2.95. The number of rotatable bonds is 7. The van der Waals surface area contributed by atoms with Crippen LogP contribution in [0.5, 0.6) is 11.5 Å². The van der Waals surface area contributed by atoms with Crippen molar-refractivity contribution in [3.8, 4) is 11.5 Å². The number of hydrogen-bond donors (Lipinski definition) is 1. The fourth-order valence-corrected chi connectivity index (χ4v) is 5.53. The lowest BCUT2D eigenvalue weighted by molar-refractivity contribution is -0.163. The minimum absolute atomic E-state index is 0.00975. The molecule has 1 amide bonds. The Labute approximate surface area is 226 Å². The molecule has 1 aliphatic heterocycles. The quantitative estimate of drug-likeness (QED) is 0.361. The molecule has 1 aliphatic carbocycles. The number of methoxy groups -OCH3 is 1. The highest BCUT2D eigenvalue weighted by molar-refractivity contribution is 6.31. The van der Waals surface area contributed by atoms with E-state index < -0.39 is 11.5 Å². The Kier molecular flexibility index (Phi) is 7.85. The summed E-state index contributed by atoms with van der Waals surface area (Å²) in [4.78, 5) is 24.2. The molecule has 1 N–H and O–H groups in total. The fraction of sp³-hybridized carbons (Fsp3) is 0.464. The van der Waals surface area contributed by atoms with E-state index in [-0.39, 0.29) is 16.8 Å². The van der Waals surface area contributed by atoms with Crippen LogP contribution in [0, 0.1) is 11.7 Å². The Morgan fingerprint density at radius 3 is 2.61 bits per heavy atom. The van der Waals surface area contributed by atoms with E-state index in [0.29, 0.717) is 47.1 Å². The predicted octanol–water partition coefficient (Wildman–Crippen LogP) is 6.10. The molecular formula is C28H32ClFN4O4. The van der Waals surface area contributed by atoms with Gasteiger partial charge in [-0.1, -0.05) is 18.0 Å². The second kappa shape index (κ2) is 11.3. The van der Waals surface area contributed by atoms with Crippen molar-refractivity contribution >= 4 is 39.9 Å². The molecule has 0 unspecified atom stereocenters. The number of aromatic nitrogens is 2. The van der Waals surface area contributed by atoms with E-state index in [0.717, 1.165) is 44.9 Å². The normalized spacial score (nSPS) is 17.7. The summed E-state index contributed by atoms with van der Waals surface area (Å²) in [6.45, 7) is 1.21. The van der Waals surface area contributed by atoms with Gasteiger partial charge in [0.2, 0.25) is 5.91 Å². The summed E-state index contributed by atoms with van der Waals surface area (Å²) in [5, 5.41) is 3.90. The van der Waals surface area contributed by atoms with Gasteiger partial charge in [0.05, 0.1) is 17.6 Å². The van der Waals surface area contributed by atoms with Gasteiger partial charge in [-0.2, -0.15) is 0 Å². The number of benzene rings is 2. The first-order valence-corrected chi connectivity index (χ1v) is 13.4.